The van der Waals surface area contributed by atoms with Gasteiger partial charge in [0.15, 0.2) is 5.82 Å². The fraction of sp³-hybridized carbons (Fsp3) is 0.444. The van der Waals surface area contributed by atoms with Crippen molar-refractivity contribution in [2.45, 2.75) is 26.7 Å². The third-order valence-electron chi connectivity index (χ3n) is 1.99. The van der Waals surface area contributed by atoms with E-state index in [1.807, 2.05) is 6.92 Å². The van der Waals surface area contributed by atoms with E-state index in [2.05, 4.69) is 22.0 Å². The van der Waals surface area contributed by atoms with Crippen LogP contribution < -0.4 is 5.73 Å². The maximum absolute atomic E-state index is 5.79. The molecule has 0 atom stereocenters. The summed E-state index contributed by atoms with van der Waals surface area (Å²) in [6.45, 7) is 3.98. The fourth-order valence-electron chi connectivity index (χ4n) is 1.39. The number of hydrogen-bond acceptors (Lipinski definition) is 4. The highest BCUT2D eigenvalue weighted by atomic mass is 15.3. The Kier molecular flexibility index (Phi) is 2.07. The summed E-state index contributed by atoms with van der Waals surface area (Å²) in [6.07, 6.45) is 1.89. The molecule has 0 aromatic carbocycles. The van der Waals surface area contributed by atoms with E-state index in [9.17, 15) is 0 Å². The topological polar surface area (TPSA) is 69.1 Å². The van der Waals surface area contributed by atoms with Gasteiger partial charge in [0.05, 0.1) is 0 Å². The molecule has 0 fully saturated rings. The number of fused-ring (bicyclic) bond motifs is 1. The van der Waals surface area contributed by atoms with Gasteiger partial charge in [0.1, 0.15) is 5.82 Å². The van der Waals surface area contributed by atoms with Crippen LogP contribution >= 0.6 is 0 Å². The second-order valence-corrected chi connectivity index (χ2v) is 3.31. The summed E-state index contributed by atoms with van der Waals surface area (Å²) in [5, 5.41) is 4.26. The Balaban J connectivity index is 2.58. The molecule has 0 saturated heterocycles. The lowest BCUT2D eigenvalue weighted by Crippen LogP contribution is -2.01. The monoisotopic (exact) mass is 191 g/mol. The van der Waals surface area contributed by atoms with Crippen molar-refractivity contribution >= 4 is 11.6 Å². The number of hydrogen-bond donors (Lipinski definition) is 1. The fourth-order valence-corrected chi connectivity index (χ4v) is 1.39. The highest BCUT2D eigenvalue weighted by molar-refractivity contribution is 5.41. The summed E-state index contributed by atoms with van der Waals surface area (Å²) in [5.41, 5.74) is 6.65. The predicted octanol–water partition coefficient (Wildman–Crippen LogP) is 0.967. The third kappa shape index (κ3) is 1.41. The Hall–Kier alpha value is -1.65. The van der Waals surface area contributed by atoms with Crippen molar-refractivity contribution < 1.29 is 0 Å². The first kappa shape index (κ1) is 8.93. The van der Waals surface area contributed by atoms with E-state index in [0.29, 0.717) is 11.6 Å². The molecule has 0 bridgehead atoms. The third-order valence-corrected chi connectivity index (χ3v) is 1.99. The van der Waals surface area contributed by atoms with Crippen LogP contribution in [0.4, 0.5) is 5.82 Å². The lowest BCUT2D eigenvalue weighted by Gasteiger charge is -1.97. The van der Waals surface area contributed by atoms with Gasteiger partial charge in [-0.2, -0.15) is 9.50 Å². The van der Waals surface area contributed by atoms with E-state index in [4.69, 9.17) is 5.73 Å². The van der Waals surface area contributed by atoms with Crippen molar-refractivity contribution in [2.24, 2.45) is 0 Å². The Morgan fingerprint density at radius 2 is 2.21 bits per heavy atom. The molecule has 5 nitrogen and oxygen atoms in total. The molecule has 0 saturated carbocycles. The second kappa shape index (κ2) is 3.25. The van der Waals surface area contributed by atoms with Crippen molar-refractivity contribution in [3.05, 3.63) is 17.6 Å². The van der Waals surface area contributed by atoms with Crippen LogP contribution in [0.3, 0.4) is 0 Å². The summed E-state index contributed by atoms with van der Waals surface area (Å²) >= 11 is 0. The molecule has 2 aromatic heterocycles. The molecule has 0 aliphatic heterocycles. The summed E-state index contributed by atoms with van der Waals surface area (Å²) in [5.74, 6) is 1.98. The van der Waals surface area contributed by atoms with Gasteiger partial charge in [-0.05, 0) is 13.3 Å². The molecular formula is C9H13N5. The minimum atomic E-state index is 0.586. The van der Waals surface area contributed by atoms with Gasteiger partial charge >= 0.3 is 0 Å². The maximum atomic E-state index is 5.79. The average Bonchev–Trinajstić information content (AvgIpc) is 2.48. The summed E-state index contributed by atoms with van der Waals surface area (Å²) in [4.78, 5) is 8.53. The zero-order chi connectivity index (χ0) is 10.1. The van der Waals surface area contributed by atoms with Crippen molar-refractivity contribution in [2.75, 3.05) is 5.73 Å². The minimum absolute atomic E-state index is 0.586. The zero-order valence-electron chi connectivity index (χ0n) is 8.36. The minimum Gasteiger partial charge on any atom is -0.383 e. The molecule has 0 radical (unpaired) electrons. The van der Waals surface area contributed by atoms with E-state index in [0.717, 1.165) is 24.4 Å². The van der Waals surface area contributed by atoms with Gasteiger partial charge in [-0.1, -0.05) is 6.92 Å². The van der Waals surface area contributed by atoms with E-state index in [1.54, 1.807) is 10.6 Å². The lowest BCUT2D eigenvalue weighted by atomic mass is 10.3. The smallest absolute Gasteiger partial charge is 0.254 e. The molecule has 0 spiro atoms. The zero-order valence-corrected chi connectivity index (χ0v) is 8.36. The predicted molar refractivity (Wildman–Crippen MR) is 53.9 cm³/mol. The molecule has 2 rings (SSSR count). The molecule has 0 amide bonds. The Morgan fingerprint density at radius 1 is 1.43 bits per heavy atom. The molecule has 0 aliphatic carbocycles. The van der Waals surface area contributed by atoms with E-state index in [-0.39, 0.29) is 0 Å². The normalized spacial score (nSPS) is 11.0. The van der Waals surface area contributed by atoms with Crippen molar-refractivity contribution in [1.82, 2.24) is 19.6 Å². The Bertz CT molecular complexity index is 459. The van der Waals surface area contributed by atoms with Gasteiger partial charge in [0.2, 0.25) is 0 Å². The van der Waals surface area contributed by atoms with Crippen molar-refractivity contribution in [3.8, 4) is 0 Å². The molecule has 74 valence electrons. The first-order valence-corrected chi connectivity index (χ1v) is 4.69. The van der Waals surface area contributed by atoms with Crippen LogP contribution in [0.1, 0.15) is 24.9 Å². The largest absolute Gasteiger partial charge is 0.383 e. The number of aromatic nitrogens is 4. The van der Waals surface area contributed by atoms with Crippen LogP contribution in [0, 0.1) is 6.92 Å². The maximum Gasteiger partial charge on any atom is 0.254 e. The lowest BCUT2D eigenvalue weighted by molar-refractivity contribution is 0.820. The van der Waals surface area contributed by atoms with Crippen LogP contribution in [0.5, 0.6) is 0 Å². The summed E-state index contributed by atoms with van der Waals surface area (Å²) < 4.78 is 1.58. The quantitative estimate of drug-likeness (QED) is 0.767. The van der Waals surface area contributed by atoms with Crippen LogP contribution in [0.25, 0.3) is 5.78 Å². The van der Waals surface area contributed by atoms with Crippen molar-refractivity contribution in [1.29, 1.82) is 0 Å². The number of rotatable bonds is 2. The molecule has 2 aromatic rings. The second-order valence-electron chi connectivity index (χ2n) is 3.31. The molecular weight excluding hydrogens is 178 g/mol. The van der Waals surface area contributed by atoms with Crippen LogP contribution in [0.15, 0.2) is 6.07 Å². The van der Waals surface area contributed by atoms with Crippen molar-refractivity contribution in [3.63, 3.8) is 0 Å². The van der Waals surface area contributed by atoms with Gasteiger partial charge < -0.3 is 5.73 Å². The van der Waals surface area contributed by atoms with E-state index in [1.165, 1.54) is 0 Å². The number of nitrogens with two attached hydrogens (primary N) is 1. The molecule has 5 heteroatoms. The number of aryl methyl sites for hydroxylation is 2. The van der Waals surface area contributed by atoms with Gasteiger partial charge in [0.25, 0.3) is 5.78 Å². The van der Waals surface area contributed by atoms with Crippen LogP contribution in [-0.2, 0) is 6.42 Å². The van der Waals surface area contributed by atoms with Gasteiger partial charge in [-0.25, -0.2) is 4.98 Å². The molecule has 2 N–H and O–H groups in total. The standard InChI is InChI=1S/C9H13N5/c1-3-4-8-12-9-11-6(2)5-7(10)14(9)13-8/h5H,3-4,10H2,1-2H3. The number of nitrogen functional groups attached to an aromatic ring is 1. The van der Waals surface area contributed by atoms with E-state index < -0.39 is 0 Å². The van der Waals surface area contributed by atoms with Crippen LogP contribution in [-0.4, -0.2) is 19.6 Å². The van der Waals surface area contributed by atoms with Crippen LogP contribution in [0.2, 0.25) is 0 Å². The highest BCUT2D eigenvalue weighted by Gasteiger charge is 2.06. The Labute approximate surface area is 82.0 Å². The number of anilines is 1. The molecule has 0 aliphatic rings. The average molecular weight is 191 g/mol. The molecule has 0 unspecified atom stereocenters. The summed E-state index contributed by atoms with van der Waals surface area (Å²) in [7, 11) is 0. The summed E-state index contributed by atoms with van der Waals surface area (Å²) in [6, 6.07) is 1.79. The first-order valence-electron chi connectivity index (χ1n) is 4.69. The van der Waals surface area contributed by atoms with Gasteiger partial charge in [0, 0.05) is 18.2 Å². The van der Waals surface area contributed by atoms with Gasteiger partial charge in [-0.3, -0.25) is 0 Å². The van der Waals surface area contributed by atoms with Gasteiger partial charge in [-0.15, -0.1) is 5.10 Å². The highest BCUT2D eigenvalue weighted by Crippen LogP contribution is 2.08. The Morgan fingerprint density at radius 3 is 2.93 bits per heavy atom. The SMILES string of the molecule is CCCc1nc2nc(C)cc(N)n2n1. The number of nitrogens with zero attached hydrogens (tertiary/aromatic N) is 4. The molecule has 14 heavy (non-hydrogen) atoms. The molecule has 2 heterocycles. The van der Waals surface area contributed by atoms with E-state index >= 15 is 0 Å². The first-order chi connectivity index (χ1) is 6.70.